The van der Waals surface area contributed by atoms with Gasteiger partial charge < -0.3 is 19.4 Å². The molecule has 0 fully saturated rings. The number of halogens is 3. The number of urea groups is 1. The second-order valence-corrected chi connectivity index (χ2v) is 8.39. The van der Waals surface area contributed by atoms with E-state index in [2.05, 4.69) is 35.9 Å². The molecule has 0 aromatic carbocycles. The smallest absolute Gasteiger partial charge is 0.434 e. The summed E-state index contributed by atoms with van der Waals surface area (Å²) in [6.45, 7) is 2.86. The van der Waals surface area contributed by atoms with Gasteiger partial charge in [-0.1, -0.05) is 0 Å². The number of alkyl halides is 3. The highest BCUT2D eigenvalue weighted by Crippen LogP contribution is 2.37. The molecule has 0 bridgehead atoms. The van der Waals surface area contributed by atoms with Gasteiger partial charge in [-0.3, -0.25) is 5.32 Å². The Morgan fingerprint density at radius 2 is 1.97 bits per heavy atom. The predicted molar refractivity (Wildman–Crippen MR) is 132 cm³/mol. The number of aromatic nitrogens is 6. The van der Waals surface area contributed by atoms with E-state index in [4.69, 9.17) is 9.15 Å². The number of nitrogens with one attached hydrogen (secondary N) is 3. The number of aromatic amines is 1. The van der Waals surface area contributed by atoms with Crippen LogP contribution in [0.4, 0.5) is 23.8 Å². The van der Waals surface area contributed by atoms with Crippen molar-refractivity contribution in [1.82, 2.24) is 40.2 Å². The predicted octanol–water partition coefficient (Wildman–Crippen LogP) is 2.77. The molecule has 3 N–H and O–H groups in total. The number of carbonyl (C=O) groups excluding carboxylic acids is 1. The SMILES string of the molecule is CCNC(=O)Nc1cc(-n2cc(C(F)(F)F)cn2)c(-c2cc(-c3n[nH]c(=O)o3)cnc2OCCN(C)C)cn1. The van der Waals surface area contributed by atoms with Crippen LogP contribution in [-0.2, 0) is 6.18 Å². The maximum atomic E-state index is 13.4. The lowest BCUT2D eigenvalue weighted by Crippen LogP contribution is -2.28. The number of ether oxygens (including phenoxy) is 1. The van der Waals surface area contributed by atoms with Gasteiger partial charge in [-0.2, -0.15) is 18.3 Å². The minimum atomic E-state index is -4.63. The van der Waals surface area contributed by atoms with Crippen molar-refractivity contribution in [2.75, 3.05) is 39.1 Å². The highest BCUT2D eigenvalue weighted by atomic mass is 19.4. The minimum Gasteiger partial charge on any atom is -0.476 e. The van der Waals surface area contributed by atoms with Crippen molar-refractivity contribution in [3.05, 3.63) is 53.0 Å². The van der Waals surface area contributed by atoms with Crippen molar-refractivity contribution in [2.45, 2.75) is 13.1 Å². The number of carbonyl (C=O) groups is 1. The molecule has 0 aliphatic carbocycles. The lowest BCUT2D eigenvalue weighted by atomic mass is 10.0. The van der Waals surface area contributed by atoms with Crippen LogP contribution in [0.25, 0.3) is 28.3 Å². The summed E-state index contributed by atoms with van der Waals surface area (Å²) in [5, 5.41) is 14.9. The molecule has 4 rings (SSSR count). The zero-order chi connectivity index (χ0) is 28.2. The highest BCUT2D eigenvalue weighted by Gasteiger charge is 2.32. The van der Waals surface area contributed by atoms with E-state index >= 15 is 0 Å². The van der Waals surface area contributed by atoms with Crippen molar-refractivity contribution in [2.24, 2.45) is 0 Å². The summed E-state index contributed by atoms with van der Waals surface area (Å²) < 4.78 is 52.1. The Morgan fingerprint density at radius 1 is 1.18 bits per heavy atom. The Balaban J connectivity index is 1.87. The molecule has 0 aliphatic rings. The van der Waals surface area contributed by atoms with Crippen molar-refractivity contribution in [1.29, 1.82) is 0 Å². The van der Waals surface area contributed by atoms with Crippen LogP contribution in [0.3, 0.4) is 0 Å². The molecule has 4 aromatic heterocycles. The molecule has 0 spiro atoms. The number of likely N-dealkylation sites (N-methyl/N-ethyl adjacent to an activating group) is 1. The summed E-state index contributed by atoms with van der Waals surface area (Å²) in [4.78, 5) is 34.0. The second-order valence-electron chi connectivity index (χ2n) is 8.39. The Morgan fingerprint density at radius 3 is 2.62 bits per heavy atom. The molecular formula is C23H24F3N9O4. The number of amides is 2. The second kappa shape index (κ2) is 11.3. The fourth-order valence-electron chi connectivity index (χ4n) is 3.39. The first-order valence-electron chi connectivity index (χ1n) is 11.6. The fraction of sp³-hybridized carbons (Fsp3) is 0.304. The van der Waals surface area contributed by atoms with Gasteiger partial charge in [0.15, 0.2) is 0 Å². The van der Waals surface area contributed by atoms with Crippen LogP contribution in [0, 0.1) is 0 Å². The van der Waals surface area contributed by atoms with Crippen LogP contribution >= 0.6 is 0 Å². The molecule has 4 aromatic rings. The van der Waals surface area contributed by atoms with Crippen molar-refractivity contribution in [3.8, 4) is 34.1 Å². The monoisotopic (exact) mass is 547 g/mol. The molecule has 4 heterocycles. The Bertz CT molecular complexity index is 1510. The summed E-state index contributed by atoms with van der Waals surface area (Å²) >= 11 is 0. The zero-order valence-electron chi connectivity index (χ0n) is 21.0. The van der Waals surface area contributed by atoms with Crippen LogP contribution in [0.1, 0.15) is 12.5 Å². The average Bonchev–Trinajstić information content (AvgIpc) is 3.54. The van der Waals surface area contributed by atoms with Gasteiger partial charge in [0.1, 0.15) is 12.4 Å². The molecule has 0 radical (unpaired) electrons. The fourth-order valence-corrected chi connectivity index (χ4v) is 3.39. The highest BCUT2D eigenvalue weighted by molar-refractivity contribution is 5.89. The van der Waals surface area contributed by atoms with Gasteiger partial charge in [-0.15, -0.1) is 5.10 Å². The lowest BCUT2D eigenvalue weighted by molar-refractivity contribution is -0.137. The van der Waals surface area contributed by atoms with E-state index < -0.39 is 23.5 Å². The van der Waals surface area contributed by atoms with Gasteiger partial charge in [-0.25, -0.2) is 29.3 Å². The molecule has 206 valence electrons. The van der Waals surface area contributed by atoms with E-state index in [9.17, 15) is 22.8 Å². The molecular weight excluding hydrogens is 523 g/mol. The summed E-state index contributed by atoms with van der Waals surface area (Å²) in [7, 11) is 3.72. The normalized spacial score (nSPS) is 11.6. The Labute approximate surface area is 219 Å². The van der Waals surface area contributed by atoms with Gasteiger partial charge >= 0.3 is 18.0 Å². The Kier molecular flexibility index (Phi) is 7.94. The first-order chi connectivity index (χ1) is 18.5. The van der Waals surface area contributed by atoms with E-state index in [1.54, 1.807) is 13.0 Å². The molecule has 16 heteroatoms. The number of pyridine rings is 2. The molecule has 0 saturated carbocycles. The van der Waals surface area contributed by atoms with E-state index in [1.165, 1.54) is 18.5 Å². The average molecular weight is 547 g/mol. The number of H-pyrrole nitrogens is 1. The molecule has 0 saturated heterocycles. The third-order valence-corrected chi connectivity index (χ3v) is 5.22. The van der Waals surface area contributed by atoms with E-state index in [1.807, 2.05) is 19.0 Å². The lowest BCUT2D eigenvalue weighted by Gasteiger charge is -2.17. The number of hydrogen-bond donors (Lipinski definition) is 3. The quantitative estimate of drug-likeness (QED) is 0.287. The number of nitrogens with zero attached hydrogens (tertiary/aromatic N) is 6. The number of anilines is 1. The van der Waals surface area contributed by atoms with Gasteiger partial charge in [0.2, 0.25) is 5.88 Å². The summed E-state index contributed by atoms with van der Waals surface area (Å²) in [5.74, 6) is -0.649. The van der Waals surface area contributed by atoms with Crippen LogP contribution in [0.2, 0.25) is 0 Å². The van der Waals surface area contributed by atoms with Gasteiger partial charge in [0.05, 0.1) is 23.0 Å². The Hall–Kier alpha value is -4.73. The molecule has 2 amide bonds. The third kappa shape index (κ3) is 6.59. The first kappa shape index (κ1) is 27.3. The molecule has 13 nitrogen and oxygen atoms in total. The van der Waals surface area contributed by atoms with Crippen LogP contribution in [0.15, 0.2) is 46.1 Å². The van der Waals surface area contributed by atoms with Gasteiger partial charge in [0.25, 0.3) is 5.89 Å². The van der Waals surface area contributed by atoms with E-state index in [0.717, 1.165) is 10.9 Å². The standard InChI is InChI=1S/C23H24F3N9O4/c1-4-27-21(36)31-18-8-17(35-12-14(10-30-35)23(24,25)26)16(11-28-18)15-7-13(19-32-33-22(37)39-19)9-29-20(15)38-6-5-34(2)3/h7-12H,4-6H2,1-3H3,(H,33,37)(H2,27,28,31,36). The molecule has 0 unspecified atom stereocenters. The summed E-state index contributed by atoms with van der Waals surface area (Å²) in [6.07, 6.45) is -0.422. The molecule has 0 aliphatic heterocycles. The number of hydrogen-bond acceptors (Lipinski definition) is 9. The minimum absolute atomic E-state index is 0.0567. The third-order valence-electron chi connectivity index (χ3n) is 5.22. The molecule has 0 atom stereocenters. The van der Waals surface area contributed by atoms with Crippen LogP contribution < -0.4 is 21.1 Å². The molecule has 39 heavy (non-hydrogen) atoms. The van der Waals surface area contributed by atoms with E-state index in [-0.39, 0.29) is 41.0 Å². The van der Waals surface area contributed by atoms with E-state index in [0.29, 0.717) is 24.8 Å². The van der Waals surface area contributed by atoms with Gasteiger partial charge in [-0.05, 0) is 27.1 Å². The van der Waals surface area contributed by atoms with Gasteiger partial charge in [0, 0.05) is 48.9 Å². The van der Waals surface area contributed by atoms with Crippen molar-refractivity contribution < 1.29 is 27.1 Å². The maximum Gasteiger partial charge on any atom is 0.434 e. The topological polar surface area (TPSA) is 156 Å². The summed E-state index contributed by atoms with van der Waals surface area (Å²) in [5.41, 5.74) is 0.00642. The van der Waals surface area contributed by atoms with Crippen LogP contribution in [0.5, 0.6) is 5.88 Å². The van der Waals surface area contributed by atoms with Crippen molar-refractivity contribution in [3.63, 3.8) is 0 Å². The zero-order valence-corrected chi connectivity index (χ0v) is 21.0. The summed E-state index contributed by atoms with van der Waals surface area (Å²) in [6, 6.07) is 2.36. The first-order valence-corrected chi connectivity index (χ1v) is 11.6. The van der Waals surface area contributed by atoms with Crippen LogP contribution in [-0.4, -0.2) is 74.7 Å². The number of rotatable bonds is 9. The van der Waals surface area contributed by atoms with Crippen molar-refractivity contribution >= 4 is 11.8 Å². The maximum absolute atomic E-state index is 13.4. The largest absolute Gasteiger partial charge is 0.476 e.